The molecule has 0 bridgehead atoms. The molecular weight excluding hydrogens is 448 g/mol. The molecule has 0 spiro atoms. The lowest BCUT2D eigenvalue weighted by atomic mass is 9.92. The number of carboxylic acid groups (broad SMARTS) is 1. The molecule has 0 aliphatic heterocycles. The fourth-order valence-electron chi connectivity index (χ4n) is 5.11. The maximum Gasteiger partial charge on any atom is 0.407 e. The molecule has 2 aromatic carbocycles. The van der Waals surface area contributed by atoms with Crippen LogP contribution in [0.1, 0.15) is 56.1 Å². The van der Waals surface area contributed by atoms with Crippen molar-refractivity contribution < 1.29 is 29.3 Å². The lowest BCUT2D eigenvalue weighted by Crippen LogP contribution is -2.58. The van der Waals surface area contributed by atoms with Crippen LogP contribution in [0.3, 0.4) is 0 Å². The normalized spacial score (nSPS) is 21.1. The summed E-state index contributed by atoms with van der Waals surface area (Å²) in [4.78, 5) is 37.3. The molecule has 2 aliphatic carbocycles. The van der Waals surface area contributed by atoms with Crippen LogP contribution < -0.4 is 10.6 Å². The second-order valence-electron chi connectivity index (χ2n) is 9.61. The summed E-state index contributed by atoms with van der Waals surface area (Å²) >= 11 is 0. The first kappa shape index (κ1) is 24.7. The van der Waals surface area contributed by atoms with Crippen LogP contribution in [-0.4, -0.2) is 53.0 Å². The highest BCUT2D eigenvalue weighted by atomic mass is 16.5. The van der Waals surface area contributed by atoms with Crippen LogP contribution in [0.4, 0.5) is 4.79 Å². The number of amides is 2. The number of fused-ring (bicyclic) bond motifs is 3. The topological polar surface area (TPSA) is 125 Å². The van der Waals surface area contributed by atoms with E-state index in [2.05, 4.69) is 22.8 Å². The summed E-state index contributed by atoms with van der Waals surface area (Å²) in [5.74, 6) is -2.48. The quantitative estimate of drug-likeness (QED) is 0.450. The summed E-state index contributed by atoms with van der Waals surface area (Å²) in [5.41, 5.74) is 2.74. The first-order valence-electron chi connectivity index (χ1n) is 12.1. The van der Waals surface area contributed by atoms with E-state index in [1.54, 1.807) is 0 Å². The van der Waals surface area contributed by atoms with Crippen LogP contribution in [0.25, 0.3) is 11.1 Å². The lowest BCUT2D eigenvalue weighted by molar-refractivity contribution is -0.149. The second-order valence-corrected chi connectivity index (χ2v) is 9.61. The van der Waals surface area contributed by atoms with Crippen LogP contribution in [0.15, 0.2) is 48.5 Å². The molecule has 1 saturated carbocycles. The molecule has 35 heavy (non-hydrogen) atoms. The smallest absolute Gasteiger partial charge is 0.407 e. The number of rotatable bonds is 7. The molecule has 2 aliphatic rings. The minimum absolute atomic E-state index is 0.0674. The van der Waals surface area contributed by atoms with E-state index in [-0.39, 0.29) is 12.5 Å². The Morgan fingerprint density at radius 3 is 2.17 bits per heavy atom. The van der Waals surface area contributed by atoms with Crippen LogP contribution in [0.2, 0.25) is 0 Å². The number of alkyl carbamates (subject to hydrolysis) is 1. The van der Waals surface area contributed by atoms with Gasteiger partial charge in [0.1, 0.15) is 6.61 Å². The Hall–Kier alpha value is -3.39. The van der Waals surface area contributed by atoms with Gasteiger partial charge in [-0.25, -0.2) is 9.59 Å². The highest BCUT2D eigenvalue weighted by Crippen LogP contribution is 2.44. The second kappa shape index (κ2) is 10.5. The van der Waals surface area contributed by atoms with Crippen molar-refractivity contribution in [3.8, 4) is 11.1 Å². The average Bonchev–Trinajstić information content (AvgIpc) is 2.98. The van der Waals surface area contributed by atoms with Crippen molar-refractivity contribution >= 4 is 18.0 Å². The summed E-state index contributed by atoms with van der Waals surface area (Å²) in [6, 6.07) is 15.7. The van der Waals surface area contributed by atoms with Crippen molar-refractivity contribution in [2.75, 3.05) is 13.2 Å². The molecule has 3 unspecified atom stereocenters. The Morgan fingerprint density at radius 2 is 1.57 bits per heavy atom. The minimum Gasteiger partial charge on any atom is -0.479 e. The Bertz CT molecular complexity index is 1060. The van der Waals surface area contributed by atoms with Gasteiger partial charge in [-0.3, -0.25) is 4.79 Å². The van der Waals surface area contributed by atoms with Gasteiger partial charge in [-0.05, 0) is 42.0 Å². The van der Waals surface area contributed by atoms with E-state index in [0.717, 1.165) is 41.5 Å². The first-order chi connectivity index (χ1) is 16.8. The highest BCUT2D eigenvalue weighted by Gasteiger charge is 2.39. The molecule has 1 fully saturated rings. The number of benzene rings is 2. The Balaban J connectivity index is 1.43. The van der Waals surface area contributed by atoms with E-state index in [1.165, 1.54) is 6.92 Å². The SMILES string of the molecule is CC(CO)(NC(=O)C1CCCCCC1NC(=O)OCC1c2ccccc2-c2ccccc21)C(=O)O. The third-order valence-electron chi connectivity index (χ3n) is 7.19. The zero-order valence-electron chi connectivity index (χ0n) is 19.8. The van der Waals surface area contributed by atoms with Crippen LogP contribution in [-0.2, 0) is 14.3 Å². The van der Waals surface area contributed by atoms with Gasteiger partial charge in [0.05, 0.1) is 12.5 Å². The number of hydrogen-bond acceptors (Lipinski definition) is 5. The molecule has 4 N–H and O–H groups in total. The maximum absolute atomic E-state index is 13.0. The highest BCUT2D eigenvalue weighted by molar-refractivity contribution is 5.88. The first-order valence-corrected chi connectivity index (χ1v) is 12.1. The molecule has 8 nitrogen and oxygen atoms in total. The summed E-state index contributed by atoms with van der Waals surface area (Å²) in [6.45, 7) is 0.703. The largest absolute Gasteiger partial charge is 0.479 e. The standard InChI is InChI=1S/C27H32N2O6/c1-27(16-30,25(32)33)29-24(31)21-13-3-2-4-14-23(21)28-26(34)35-15-22-19-11-7-5-9-17(19)18-10-6-8-12-20(18)22/h5-12,21-23,30H,2-4,13-16H2,1H3,(H,28,34)(H,29,31)(H,32,33). The predicted octanol–water partition coefficient (Wildman–Crippen LogP) is 3.43. The lowest BCUT2D eigenvalue weighted by Gasteiger charge is -2.30. The number of carbonyl (C=O) groups excluding carboxylic acids is 2. The van der Waals surface area contributed by atoms with Crippen molar-refractivity contribution in [2.45, 2.75) is 56.5 Å². The number of carbonyl (C=O) groups is 3. The number of nitrogens with one attached hydrogen (secondary N) is 2. The van der Waals surface area contributed by atoms with Crippen LogP contribution in [0.5, 0.6) is 0 Å². The van der Waals surface area contributed by atoms with Crippen LogP contribution >= 0.6 is 0 Å². The zero-order valence-corrected chi connectivity index (χ0v) is 19.8. The molecule has 8 heteroatoms. The summed E-state index contributed by atoms with van der Waals surface area (Å²) in [7, 11) is 0. The molecule has 0 radical (unpaired) electrons. The van der Waals surface area contributed by atoms with Crippen molar-refractivity contribution in [2.24, 2.45) is 5.92 Å². The van der Waals surface area contributed by atoms with Crippen molar-refractivity contribution in [3.05, 3.63) is 59.7 Å². The van der Waals surface area contributed by atoms with Gasteiger partial charge >= 0.3 is 12.1 Å². The third kappa shape index (κ3) is 5.17. The molecular formula is C27H32N2O6. The van der Waals surface area contributed by atoms with E-state index in [9.17, 15) is 24.6 Å². The van der Waals surface area contributed by atoms with Gasteiger partial charge in [-0.15, -0.1) is 0 Å². The number of aliphatic hydroxyl groups is 1. The number of aliphatic carboxylic acids is 1. The van der Waals surface area contributed by atoms with E-state index < -0.39 is 42.1 Å². The number of ether oxygens (including phenoxy) is 1. The molecule has 0 heterocycles. The molecule has 0 aromatic heterocycles. The molecule has 0 saturated heterocycles. The summed E-state index contributed by atoms with van der Waals surface area (Å²) in [5, 5.41) is 24.2. The van der Waals surface area contributed by atoms with E-state index in [1.807, 2.05) is 36.4 Å². The molecule has 3 atom stereocenters. The summed E-state index contributed by atoms with van der Waals surface area (Å²) in [6.07, 6.45) is 3.06. The number of carboxylic acids is 1. The molecule has 186 valence electrons. The molecule has 2 aromatic rings. The predicted molar refractivity (Wildman–Crippen MR) is 130 cm³/mol. The van der Waals surface area contributed by atoms with Gasteiger partial charge in [0.2, 0.25) is 5.91 Å². The average molecular weight is 481 g/mol. The van der Waals surface area contributed by atoms with Gasteiger partial charge < -0.3 is 25.6 Å². The van der Waals surface area contributed by atoms with Gasteiger partial charge in [-0.2, -0.15) is 0 Å². The fourth-order valence-corrected chi connectivity index (χ4v) is 5.11. The van der Waals surface area contributed by atoms with Gasteiger partial charge in [0.25, 0.3) is 0 Å². The van der Waals surface area contributed by atoms with Crippen LogP contribution in [0, 0.1) is 5.92 Å². The van der Waals surface area contributed by atoms with Crippen molar-refractivity contribution in [3.63, 3.8) is 0 Å². The van der Waals surface area contributed by atoms with Gasteiger partial charge in [0.15, 0.2) is 5.54 Å². The molecule has 4 rings (SSSR count). The summed E-state index contributed by atoms with van der Waals surface area (Å²) < 4.78 is 5.66. The van der Waals surface area contributed by atoms with Gasteiger partial charge in [0, 0.05) is 12.0 Å². The Morgan fingerprint density at radius 1 is 0.971 bits per heavy atom. The van der Waals surface area contributed by atoms with Gasteiger partial charge in [-0.1, -0.05) is 67.8 Å². The van der Waals surface area contributed by atoms with E-state index in [4.69, 9.17) is 4.74 Å². The Kier molecular flexibility index (Phi) is 7.40. The maximum atomic E-state index is 13.0. The minimum atomic E-state index is -1.78. The third-order valence-corrected chi connectivity index (χ3v) is 7.19. The monoisotopic (exact) mass is 480 g/mol. The fraction of sp³-hybridized carbons (Fsp3) is 0.444. The molecule has 2 amide bonds. The number of aliphatic hydroxyl groups excluding tert-OH is 1. The Labute approximate surface area is 204 Å². The van der Waals surface area contributed by atoms with E-state index in [0.29, 0.717) is 12.8 Å². The van der Waals surface area contributed by atoms with Crippen molar-refractivity contribution in [1.82, 2.24) is 10.6 Å². The zero-order chi connectivity index (χ0) is 25.0. The number of hydrogen-bond donors (Lipinski definition) is 4. The van der Waals surface area contributed by atoms with Crippen molar-refractivity contribution in [1.29, 1.82) is 0 Å². The van der Waals surface area contributed by atoms with E-state index >= 15 is 0 Å².